The zero-order valence-electron chi connectivity index (χ0n) is 10.4. The third-order valence-corrected chi connectivity index (χ3v) is 2.84. The summed E-state index contributed by atoms with van der Waals surface area (Å²) in [5.74, 6) is 0.881. The Balaban J connectivity index is 1.78. The van der Waals surface area contributed by atoms with Crippen LogP contribution in [0.2, 0.25) is 0 Å². The first-order valence-electron chi connectivity index (χ1n) is 6.15. The number of hydrogen-bond donors (Lipinski definition) is 0. The maximum absolute atomic E-state index is 5.36. The summed E-state index contributed by atoms with van der Waals surface area (Å²) in [6.07, 6.45) is 3.54. The van der Waals surface area contributed by atoms with Crippen LogP contribution in [0.1, 0.15) is 5.56 Å². The van der Waals surface area contributed by atoms with Crippen molar-refractivity contribution in [2.45, 2.75) is 0 Å². The SMILES string of the molecule is C(=Nc1ccccc1)c1ccc(-c2ccco2)cc1. The van der Waals surface area contributed by atoms with Crippen molar-refractivity contribution in [2.24, 2.45) is 4.99 Å². The Morgan fingerprint density at radius 1 is 0.789 bits per heavy atom. The highest BCUT2D eigenvalue weighted by Crippen LogP contribution is 2.19. The molecule has 0 aliphatic heterocycles. The van der Waals surface area contributed by atoms with Crippen molar-refractivity contribution < 1.29 is 4.42 Å². The molecule has 0 aliphatic carbocycles. The maximum atomic E-state index is 5.36. The van der Waals surface area contributed by atoms with Gasteiger partial charge in [-0.05, 0) is 29.8 Å². The molecule has 3 rings (SSSR count). The second-order valence-electron chi connectivity index (χ2n) is 4.19. The second kappa shape index (κ2) is 5.36. The molecule has 2 aromatic carbocycles. The summed E-state index contributed by atoms with van der Waals surface area (Å²) >= 11 is 0. The van der Waals surface area contributed by atoms with Crippen LogP contribution in [0.3, 0.4) is 0 Å². The molecule has 0 saturated heterocycles. The minimum Gasteiger partial charge on any atom is -0.464 e. The van der Waals surface area contributed by atoms with Crippen molar-refractivity contribution in [1.82, 2.24) is 0 Å². The zero-order chi connectivity index (χ0) is 12.9. The summed E-state index contributed by atoms with van der Waals surface area (Å²) in [5, 5.41) is 0. The van der Waals surface area contributed by atoms with Crippen LogP contribution >= 0.6 is 0 Å². The molecule has 1 aromatic heterocycles. The molecule has 0 saturated carbocycles. The molecule has 2 heteroatoms. The summed E-state index contributed by atoms with van der Waals surface area (Å²) in [6, 6.07) is 21.9. The van der Waals surface area contributed by atoms with Crippen LogP contribution in [0.15, 0.2) is 82.4 Å². The molecule has 2 nitrogen and oxygen atoms in total. The lowest BCUT2D eigenvalue weighted by Gasteiger charge is -1.98. The molecule has 0 atom stereocenters. The van der Waals surface area contributed by atoms with E-state index in [1.54, 1.807) is 6.26 Å². The highest BCUT2D eigenvalue weighted by atomic mass is 16.3. The van der Waals surface area contributed by atoms with E-state index in [1.807, 2.05) is 72.9 Å². The minimum absolute atomic E-state index is 0.881. The van der Waals surface area contributed by atoms with Crippen LogP contribution in [-0.4, -0.2) is 6.21 Å². The van der Waals surface area contributed by atoms with Crippen LogP contribution < -0.4 is 0 Å². The monoisotopic (exact) mass is 247 g/mol. The third-order valence-electron chi connectivity index (χ3n) is 2.84. The van der Waals surface area contributed by atoms with Gasteiger partial charge in [-0.15, -0.1) is 0 Å². The minimum atomic E-state index is 0.881. The summed E-state index contributed by atoms with van der Waals surface area (Å²) in [5.41, 5.74) is 3.10. The van der Waals surface area contributed by atoms with Crippen LogP contribution in [0, 0.1) is 0 Å². The molecule has 0 bridgehead atoms. The molecule has 3 aromatic rings. The highest BCUT2D eigenvalue weighted by Gasteiger charge is 1.99. The van der Waals surface area contributed by atoms with Crippen molar-refractivity contribution in [3.05, 3.63) is 78.6 Å². The van der Waals surface area contributed by atoms with E-state index >= 15 is 0 Å². The van der Waals surface area contributed by atoms with Crippen LogP contribution in [-0.2, 0) is 0 Å². The van der Waals surface area contributed by atoms with Crippen molar-refractivity contribution in [3.8, 4) is 11.3 Å². The Morgan fingerprint density at radius 3 is 2.26 bits per heavy atom. The van der Waals surface area contributed by atoms with Gasteiger partial charge in [0.05, 0.1) is 12.0 Å². The van der Waals surface area contributed by atoms with Crippen molar-refractivity contribution in [3.63, 3.8) is 0 Å². The summed E-state index contributed by atoms with van der Waals surface area (Å²) < 4.78 is 5.36. The fourth-order valence-corrected chi connectivity index (χ4v) is 1.84. The summed E-state index contributed by atoms with van der Waals surface area (Å²) in [7, 11) is 0. The number of aliphatic imine (C=N–C) groups is 1. The Morgan fingerprint density at radius 2 is 1.58 bits per heavy atom. The lowest BCUT2D eigenvalue weighted by Crippen LogP contribution is -1.81. The zero-order valence-corrected chi connectivity index (χ0v) is 10.4. The summed E-state index contributed by atoms with van der Waals surface area (Å²) in [4.78, 5) is 4.42. The van der Waals surface area contributed by atoms with E-state index in [0.29, 0.717) is 0 Å². The molecule has 0 amide bonds. The first kappa shape index (κ1) is 11.5. The largest absolute Gasteiger partial charge is 0.464 e. The Hall–Kier alpha value is -2.61. The number of benzene rings is 2. The van der Waals surface area contributed by atoms with Crippen LogP contribution in [0.4, 0.5) is 5.69 Å². The highest BCUT2D eigenvalue weighted by molar-refractivity contribution is 5.82. The second-order valence-corrected chi connectivity index (χ2v) is 4.19. The van der Waals surface area contributed by atoms with Crippen molar-refractivity contribution >= 4 is 11.9 Å². The topological polar surface area (TPSA) is 25.5 Å². The molecular formula is C17H13NO. The molecule has 0 aliphatic rings. The van der Waals surface area contributed by atoms with E-state index in [4.69, 9.17) is 4.42 Å². The quantitative estimate of drug-likeness (QED) is 0.616. The van der Waals surface area contributed by atoms with Gasteiger partial charge in [-0.25, -0.2) is 0 Å². The normalized spacial score (nSPS) is 10.9. The average molecular weight is 247 g/mol. The number of hydrogen-bond acceptors (Lipinski definition) is 2. The van der Waals surface area contributed by atoms with Gasteiger partial charge in [-0.3, -0.25) is 4.99 Å². The van der Waals surface area contributed by atoms with E-state index in [1.165, 1.54) is 0 Å². The first-order valence-corrected chi connectivity index (χ1v) is 6.15. The molecule has 92 valence electrons. The number of rotatable bonds is 3. The van der Waals surface area contributed by atoms with E-state index in [2.05, 4.69) is 4.99 Å². The molecule has 19 heavy (non-hydrogen) atoms. The van der Waals surface area contributed by atoms with E-state index in [0.717, 1.165) is 22.6 Å². The predicted octanol–water partition coefficient (Wildman–Crippen LogP) is 4.70. The number of nitrogens with zero attached hydrogens (tertiary/aromatic N) is 1. The number of para-hydroxylation sites is 1. The van der Waals surface area contributed by atoms with E-state index in [9.17, 15) is 0 Å². The molecule has 0 N–H and O–H groups in total. The number of furan rings is 1. The summed E-state index contributed by atoms with van der Waals surface area (Å²) in [6.45, 7) is 0. The predicted molar refractivity (Wildman–Crippen MR) is 77.8 cm³/mol. The Labute approximate surface area is 112 Å². The fourth-order valence-electron chi connectivity index (χ4n) is 1.84. The molecule has 0 radical (unpaired) electrons. The van der Waals surface area contributed by atoms with Gasteiger partial charge in [0.25, 0.3) is 0 Å². The maximum Gasteiger partial charge on any atom is 0.133 e. The van der Waals surface area contributed by atoms with Crippen LogP contribution in [0.25, 0.3) is 11.3 Å². The van der Waals surface area contributed by atoms with Gasteiger partial charge in [0.15, 0.2) is 0 Å². The van der Waals surface area contributed by atoms with Crippen molar-refractivity contribution in [2.75, 3.05) is 0 Å². The van der Waals surface area contributed by atoms with Crippen LogP contribution in [0.5, 0.6) is 0 Å². The first-order chi connectivity index (χ1) is 9.42. The lowest BCUT2D eigenvalue weighted by molar-refractivity contribution is 0.582. The Bertz CT molecular complexity index is 652. The van der Waals surface area contributed by atoms with Gasteiger partial charge in [0, 0.05) is 11.8 Å². The van der Waals surface area contributed by atoms with Gasteiger partial charge in [-0.1, -0.05) is 42.5 Å². The van der Waals surface area contributed by atoms with Gasteiger partial charge >= 0.3 is 0 Å². The fraction of sp³-hybridized carbons (Fsp3) is 0. The van der Waals surface area contributed by atoms with E-state index in [-0.39, 0.29) is 0 Å². The third kappa shape index (κ3) is 2.80. The molecule has 0 fully saturated rings. The average Bonchev–Trinajstić information content (AvgIpc) is 3.01. The van der Waals surface area contributed by atoms with Gasteiger partial charge in [-0.2, -0.15) is 0 Å². The molecule has 1 heterocycles. The van der Waals surface area contributed by atoms with Gasteiger partial charge in [0.1, 0.15) is 5.76 Å². The van der Waals surface area contributed by atoms with Gasteiger partial charge < -0.3 is 4.42 Å². The molecular weight excluding hydrogens is 234 g/mol. The smallest absolute Gasteiger partial charge is 0.133 e. The Kier molecular flexibility index (Phi) is 3.24. The van der Waals surface area contributed by atoms with Crippen molar-refractivity contribution in [1.29, 1.82) is 0 Å². The molecule has 0 spiro atoms. The standard InChI is InChI=1S/C17H13NO/c1-2-5-16(6-3-1)18-13-14-8-10-15(11-9-14)17-7-4-12-19-17/h1-13H. The lowest BCUT2D eigenvalue weighted by atomic mass is 10.1. The molecule has 0 unspecified atom stereocenters. The van der Waals surface area contributed by atoms with E-state index < -0.39 is 0 Å². The van der Waals surface area contributed by atoms with Gasteiger partial charge in [0.2, 0.25) is 0 Å².